The van der Waals surface area contributed by atoms with E-state index < -0.39 is 45.5 Å². The number of benzene rings is 1. The highest BCUT2D eigenvalue weighted by molar-refractivity contribution is 6.14. The summed E-state index contributed by atoms with van der Waals surface area (Å²) in [5.41, 5.74) is -3.18. The second-order valence-electron chi connectivity index (χ2n) is 12.6. The van der Waals surface area contributed by atoms with E-state index in [9.17, 15) is 19.2 Å². The normalized spacial score (nSPS) is 38.9. The Hall–Kier alpha value is -3.36. The van der Waals surface area contributed by atoms with Gasteiger partial charge in [-0.2, -0.15) is 0 Å². The number of hydrogen-bond acceptors (Lipinski definition) is 6. The third-order valence-corrected chi connectivity index (χ3v) is 10.2. The summed E-state index contributed by atoms with van der Waals surface area (Å²) in [5, 5.41) is 6.15. The summed E-state index contributed by atoms with van der Waals surface area (Å²) in [6.45, 7) is 9.62. The standard InChI is InChI=1S/C28H31N3O6/c1-14(32)36-20-27(16-7-8-17-15(19(16)29-22(27)34)9-11-24(2,3)37-17)25(4,5)18-13-26-10-6-12-31(26)23(35)28(18,20)30-21(26)33/h7-9,11,18,20H,6,10,12-13H2,1-5H3,(H,29,34)(H,30,33)/t18-,20-,26-,27-,28+/m0/s1. The second-order valence-corrected chi connectivity index (χ2v) is 12.6. The van der Waals surface area contributed by atoms with Crippen LogP contribution >= 0.6 is 0 Å². The maximum Gasteiger partial charge on any atom is 0.303 e. The zero-order valence-corrected chi connectivity index (χ0v) is 21.7. The summed E-state index contributed by atoms with van der Waals surface area (Å²) in [6.07, 6.45) is 4.43. The predicted molar refractivity (Wildman–Crippen MR) is 132 cm³/mol. The van der Waals surface area contributed by atoms with E-state index >= 15 is 0 Å². The van der Waals surface area contributed by atoms with Crippen molar-refractivity contribution in [3.05, 3.63) is 29.3 Å². The molecule has 0 unspecified atom stereocenters. The Morgan fingerprint density at radius 2 is 1.89 bits per heavy atom. The number of fused-ring (bicyclic) bond motifs is 5. The Balaban J connectivity index is 1.51. The van der Waals surface area contributed by atoms with Gasteiger partial charge in [-0.05, 0) is 62.3 Å². The van der Waals surface area contributed by atoms with E-state index in [2.05, 4.69) is 10.6 Å². The van der Waals surface area contributed by atoms with Gasteiger partial charge in [-0.1, -0.05) is 19.9 Å². The first-order valence-corrected chi connectivity index (χ1v) is 13.0. The highest BCUT2D eigenvalue weighted by atomic mass is 16.5. The van der Waals surface area contributed by atoms with Crippen molar-refractivity contribution in [3.8, 4) is 5.75 Å². The van der Waals surface area contributed by atoms with Gasteiger partial charge in [0.2, 0.25) is 11.8 Å². The van der Waals surface area contributed by atoms with Crippen molar-refractivity contribution in [2.75, 3.05) is 11.9 Å². The van der Waals surface area contributed by atoms with Crippen LogP contribution in [0.1, 0.15) is 65.0 Å². The zero-order chi connectivity index (χ0) is 26.3. The SMILES string of the molecule is CC(=O)O[C@@H]1[C@@]23NC(=O)[C@]4(CCCN4C2=O)C[C@H]3C(C)(C)[C@]12C(=O)Nc1c2ccc2c1C=CC(C)(C)O2. The zero-order valence-electron chi connectivity index (χ0n) is 21.7. The Morgan fingerprint density at radius 3 is 2.62 bits per heavy atom. The van der Waals surface area contributed by atoms with E-state index in [0.29, 0.717) is 36.4 Å². The van der Waals surface area contributed by atoms with Crippen LogP contribution in [0.2, 0.25) is 0 Å². The summed E-state index contributed by atoms with van der Waals surface area (Å²) in [5.74, 6) is -1.18. The van der Waals surface area contributed by atoms with Gasteiger partial charge >= 0.3 is 5.97 Å². The number of ether oxygens (including phenoxy) is 2. The molecule has 0 aromatic heterocycles. The molecule has 1 saturated carbocycles. The van der Waals surface area contributed by atoms with E-state index in [1.807, 2.05) is 52.0 Å². The van der Waals surface area contributed by atoms with Gasteiger partial charge in [-0.15, -0.1) is 0 Å². The molecule has 37 heavy (non-hydrogen) atoms. The summed E-state index contributed by atoms with van der Waals surface area (Å²) < 4.78 is 12.2. The van der Waals surface area contributed by atoms with E-state index in [4.69, 9.17) is 9.47 Å². The molecule has 5 fully saturated rings. The van der Waals surface area contributed by atoms with Crippen LogP contribution in [0.15, 0.2) is 18.2 Å². The average molecular weight is 506 g/mol. The van der Waals surface area contributed by atoms with Crippen molar-refractivity contribution < 1.29 is 28.7 Å². The van der Waals surface area contributed by atoms with Crippen LogP contribution in [0.3, 0.4) is 0 Å². The highest BCUT2D eigenvalue weighted by Gasteiger charge is 2.86. The molecule has 1 aromatic rings. The fourth-order valence-corrected chi connectivity index (χ4v) is 8.67. The van der Waals surface area contributed by atoms with Gasteiger partial charge < -0.3 is 25.0 Å². The van der Waals surface area contributed by atoms with Crippen LogP contribution in [-0.2, 0) is 29.3 Å². The minimum atomic E-state index is -1.53. The van der Waals surface area contributed by atoms with Crippen molar-refractivity contribution in [1.29, 1.82) is 0 Å². The molecule has 1 aliphatic carbocycles. The minimum Gasteiger partial charge on any atom is -0.483 e. The molecule has 9 heteroatoms. The quantitative estimate of drug-likeness (QED) is 0.566. The maximum atomic E-state index is 14.3. The summed E-state index contributed by atoms with van der Waals surface area (Å²) in [4.78, 5) is 56.5. The van der Waals surface area contributed by atoms with Crippen molar-refractivity contribution in [2.24, 2.45) is 11.3 Å². The third-order valence-electron chi connectivity index (χ3n) is 10.2. The molecule has 9 nitrogen and oxygen atoms in total. The number of piperidine rings is 2. The number of esters is 1. The van der Waals surface area contributed by atoms with Gasteiger partial charge in [-0.25, -0.2) is 0 Å². The lowest BCUT2D eigenvalue weighted by atomic mass is 9.57. The molecule has 2 N–H and O–H groups in total. The highest BCUT2D eigenvalue weighted by Crippen LogP contribution is 2.71. The first-order chi connectivity index (χ1) is 17.3. The largest absolute Gasteiger partial charge is 0.483 e. The molecule has 4 saturated heterocycles. The van der Waals surface area contributed by atoms with E-state index in [1.54, 1.807) is 4.90 Å². The second kappa shape index (κ2) is 6.37. The number of amides is 3. The summed E-state index contributed by atoms with van der Waals surface area (Å²) >= 11 is 0. The molecule has 6 heterocycles. The Kier molecular flexibility index (Phi) is 3.92. The lowest BCUT2D eigenvalue weighted by Crippen LogP contribution is -2.84. The van der Waals surface area contributed by atoms with Gasteiger partial charge in [0.15, 0.2) is 11.6 Å². The first kappa shape index (κ1) is 22.8. The van der Waals surface area contributed by atoms with Crippen molar-refractivity contribution >= 4 is 35.5 Å². The summed E-state index contributed by atoms with van der Waals surface area (Å²) in [6, 6.07) is 3.70. The number of anilines is 1. The number of nitrogens with one attached hydrogen (secondary N) is 2. The fraction of sp³-hybridized carbons (Fsp3) is 0.571. The smallest absolute Gasteiger partial charge is 0.303 e. The molecule has 0 radical (unpaired) electrons. The number of carbonyl (C=O) groups is 4. The number of piperazine rings is 1. The Labute approximate surface area is 214 Å². The molecular weight excluding hydrogens is 474 g/mol. The molecule has 3 spiro atoms. The van der Waals surface area contributed by atoms with Gasteiger partial charge in [0.1, 0.15) is 22.3 Å². The summed E-state index contributed by atoms with van der Waals surface area (Å²) in [7, 11) is 0. The van der Waals surface area contributed by atoms with Crippen molar-refractivity contribution in [2.45, 2.75) is 82.1 Å². The van der Waals surface area contributed by atoms with Crippen LogP contribution in [0, 0.1) is 11.3 Å². The first-order valence-electron chi connectivity index (χ1n) is 13.0. The fourth-order valence-electron chi connectivity index (χ4n) is 8.67. The Bertz CT molecular complexity index is 1380. The van der Waals surface area contributed by atoms with Gasteiger partial charge in [0, 0.05) is 24.9 Å². The number of rotatable bonds is 1. The molecule has 1 aromatic carbocycles. The van der Waals surface area contributed by atoms with Crippen LogP contribution < -0.4 is 15.4 Å². The molecule has 5 atom stereocenters. The molecule has 194 valence electrons. The van der Waals surface area contributed by atoms with Crippen LogP contribution in [0.5, 0.6) is 5.75 Å². The third kappa shape index (κ3) is 2.25. The average Bonchev–Trinajstić information content (AvgIpc) is 3.42. The molecule has 8 rings (SSSR count). The maximum absolute atomic E-state index is 14.3. The molecule has 7 aliphatic rings. The van der Waals surface area contributed by atoms with Gasteiger partial charge in [0.25, 0.3) is 5.91 Å². The lowest BCUT2D eigenvalue weighted by molar-refractivity contribution is -0.185. The Morgan fingerprint density at radius 1 is 1.14 bits per heavy atom. The van der Waals surface area contributed by atoms with Crippen molar-refractivity contribution in [3.63, 3.8) is 0 Å². The molecule has 2 bridgehead atoms. The van der Waals surface area contributed by atoms with E-state index in [0.717, 1.165) is 12.0 Å². The van der Waals surface area contributed by atoms with Crippen LogP contribution in [-0.4, -0.2) is 57.9 Å². The van der Waals surface area contributed by atoms with Gasteiger partial charge in [-0.3, -0.25) is 19.2 Å². The minimum absolute atomic E-state index is 0.214. The number of hydrogen-bond donors (Lipinski definition) is 2. The van der Waals surface area contributed by atoms with E-state index in [1.165, 1.54) is 6.92 Å². The van der Waals surface area contributed by atoms with Crippen LogP contribution in [0.4, 0.5) is 5.69 Å². The molecule has 6 aliphatic heterocycles. The van der Waals surface area contributed by atoms with Crippen LogP contribution in [0.25, 0.3) is 6.08 Å². The topological polar surface area (TPSA) is 114 Å². The van der Waals surface area contributed by atoms with Gasteiger partial charge in [0.05, 0.1) is 5.69 Å². The molecular formula is C28H31N3O6. The number of nitrogens with zero attached hydrogens (tertiary/aromatic N) is 1. The molecule has 3 amide bonds. The lowest BCUT2D eigenvalue weighted by Gasteiger charge is -2.59. The predicted octanol–water partition coefficient (Wildman–Crippen LogP) is 2.28. The number of carbonyl (C=O) groups excluding carboxylic acids is 4. The van der Waals surface area contributed by atoms with Crippen molar-refractivity contribution in [1.82, 2.24) is 10.2 Å². The monoisotopic (exact) mass is 505 g/mol. The van der Waals surface area contributed by atoms with E-state index in [-0.39, 0.29) is 17.7 Å².